The van der Waals surface area contributed by atoms with Crippen molar-refractivity contribution in [1.82, 2.24) is 41.5 Å². The second kappa shape index (κ2) is 20.4. The van der Waals surface area contributed by atoms with Crippen molar-refractivity contribution in [3.05, 3.63) is 54.2 Å². The number of benzene rings is 1. The molecule has 0 saturated heterocycles. The Balaban J connectivity index is 1.65. The van der Waals surface area contributed by atoms with Gasteiger partial charge in [-0.25, -0.2) is 9.78 Å². The van der Waals surface area contributed by atoms with Gasteiger partial charge in [-0.3, -0.25) is 28.8 Å². The number of hydrogen-bond donors (Lipinski definition) is 11. The summed E-state index contributed by atoms with van der Waals surface area (Å²) in [5.74, 6) is -5.73. The van der Waals surface area contributed by atoms with Gasteiger partial charge in [0.2, 0.25) is 35.4 Å². The number of imidazole rings is 1. The van der Waals surface area contributed by atoms with Gasteiger partial charge in [-0.1, -0.05) is 18.2 Å². The molecule has 0 fully saturated rings. The lowest BCUT2D eigenvalue weighted by atomic mass is 10.0. The molecule has 0 bridgehead atoms. The first-order valence-electron chi connectivity index (χ1n) is 16.2. The van der Waals surface area contributed by atoms with E-state index in [2.05, 4.69) is 41.5 Å². The number of aliphatic carboxylic acids is 1. The highest BCUT2D eigenvalue weighted by molar-refractivity contribution is 7.98. The van der Waals surface area contributed by atoms with Crippen LogP contribution >= 0.6 is 11.8 Å². The van der Waals surface area contributed by atoms with Crippen molar-refractivity contribution >= 4 is 64.1 Å². The van der Waals surface area contributed by atoms with Crippen LogP contribution in [0.3, 0.4) is 0 Å². The number of carbonyl (C=O) groups is 7. The van der Waals surface area contributed by atoms with E-state index >= 15 is 0 Å². The van der Waals surface area contributed by atoms with Crippen LogP contribution in [-0.2, 0) is 46.4 Å². The molecule has 0 aliphatic heterocycles. The first-order valence-corrected chi connectivity index (χ1v) is 17.6. The monoisotopic (exact) mass is 744 g/mol. The number of aliphatic hydroxyl groups is 1. The maximum atomic E-state index is 13.5. The van der Waals surface area contributed by atoms with Gasteiger partial charge in [0, 0.05) is 41.8 Å². The average Bonchev–Trinajstić information content (AvgIpc) is 3.79. The molecule has 6 amide bonds. The van der Waals surface area contributed by atoms with Crippen LogP contribution in [0.1, 0.15) is 30.5 Å². The summed E-state index contributed by atoms with van der Waals surface area (Å²) in [5.41, 5.74) is 13.6. The van der Waals surface area contributed by atoms with Gasteiger partial charge in [0.25, 0.3) is 0 Å². The number of hydrogen-bond acceptors (Lipinski definition) is 11. The lowest BCUT2D eigenvalue weighted by Gasteiger charge is -2.24. The third-order valence-electron chi connectivity index (χ3n) is 7.86. The van der Waals surface area contributed by atoms with Crippen LogP contribution in [0.2, 0.25) is 0 Å². The molecular formula is C32H44N10O9S. The van der Waals surface area contributed by atoms with Crippen LogP contribution in [0, 0.1) is 0 Å². The van der Waals surface area contributed by atoms with E-state index in [9.17, 15) is 43.8 Å². The molecule has 282 valence electrons. The third kappa shape index (κ3) is 12.7. The maximum absolute atomic E-state index is 13.5. The molecular weight excluding hydrogens is 700 g/mol. The molecule has 3 aromatic rings. The number of fused-ring (bicyclic) bond motifs is 1. The Hall–Kier alpha value is -5.47. The number of nitrogens with zero attached hydrogens (tertiary/aromatic N) is 1. The lowest BCUT2D eigenvalue weighted by molar-refractivity contribution is -0.143. The number of para-hydroxylation sites is 1. The molecule has 13 N–H and O–H groups in total. The Labute approximate surface area is 302 Å². The Bertz CT molecular complexity index is 1700. The van der Waals surface area contributed by atoms with Gasteiger partial charge in [0.1, 0.15) is 24.2 Å². The fourth-order valence-electron chi connectivity index (χ4n) is 5.06. The summed E-state index contributed by atoms with van der Waals surface area (Å²) in [5, 5.41) is 31.5. The predicted octanol–water partition coefficient (Wildman–Crippen LogP) is -2.85. The van der Waals surface area contributed by atoms with Crippen LogP contribution in [0.15, 0.2) is 43.0 Å². The standard InChI is InChI=1S/C32H44N10O9S/c1-52-9-8-23(29(47)37-14-27(45)39-24(11-18-13-35-16-38-18)31(49)42-25(15-43)32(50)51)41-30(48)22(6-7-26(34)44)40-28(46)20(33)10-17-12-36-21-5-3-2-4-19(17)21/h2-5,12-13,16,20,22-25,36,43H,6-11,14-15,33H2,1H3,(H2,34,44)(H,35,38)(H,37,47)(H,39,45)(H,40,46)(H,41,48)(H,42,49)(H,50,51)/t20-,22-,23+,24-,25+/m1/s1. The van der Waals surface area contributed by atoms with E-state index in [4.69, 9.17) is 11.5 Å². The van der Waals surface area contributed by atoms with Crippen LogP contribution in [0.5, 0.6) is 0 Å². The number of carbonyl (C=O) groups excluding carboxylic acids is 6. The van der Waals surface area contributed by atoms with E-state index < -0.39 is 84.8 Å². The fraction of sp³-hybridized carbons (Fsp3) is 0.438. The molecule has 0 spiro atoms. The third-order valence-corrected chi connectivity index (χ3v) is 8.50. The smallest absolute Gasteiger partial charge is 0.328 e. The van der Waals surface area contributed by atoms with E-state index in [1.54, 1.807) is 12.5 Å². The maximum Gasteiger partial charge on any atom is 0.328 e. The molecule has 2 heterocycles. The fourth-order valence-corrected chi connectivity index (χ4v) is 5.53. The van der Waals surface area contributed by atoms with Crippen LogP contribution in [-0.4, -0.2) is 122 Å². The Morgan fingerprint density at radius 1 is 0.865 bits per heavy atom. The Kier molecular flexibility index (Phi) is 16.1. The first-order chi connectivity index (χ1) is 24.8. The van der Waals surface area contributed by atoms with E-state index in [-0.39, 0.29) is 32.1 Å². The van der Waals surface area contributed by atoms with Gasteiger partial charge in [0.05, 0.1) is 25.5 Å². The molecule has 19 nitrogen and oxygen atoms in total. The normalized spacial score (nSPS) is 13.9. The van der Waals surface area contributed by atoms with Crippen molar-refractivity contribution in [2.45, 2.75) is 62.3 Å². The largest absolute Gasteiger partial charge is 0.480 e. The quantitative estimate of drug-likeness (QED) is 0.0496. The number of aromatic amines is 2. The van der Waals surface area contributed by atoms with Crippen molar-refractivity contribution < 1.29 is 43.8 Å². The SMILES string of the molecule is CSCC[C@H](NC(=O)[C@@H](CCC(N)=O)NC(=O)[C@H](N)Cc1c[nH]c2ccccc12)C(=O)NCC(=O)N[C@H](Cc1cnc[nH]1)C(=O)N[C@@H](CO)C(=O)O. The van der Waals surface area contributed by atoms with Gasteiger partial charge in [-0.2, -0.15) is 11.8 Å². The first kappa shape index (κ1) is 41.0. The van der Waals surface area contributed by atoms with Crippen LogP contribution in [0.4, 0.5) is 0 Å². The highest BCUT2D eigenvalue weighted by Crippen LogP contribution is 2.19. The minimum atomic E-state index is -1.62. The number of rotatable bonds is 22. The van der Waals surface area contributed by atoms with Crippen molar-refractivity contribution in [3.8, 4) is 0 Å². The molecule has 20 heteroatoms. The minimum absolute atomic E-state index is 0.125. The number of carboxylic acid groups (broad SMARTS) is 1. The van der Waals surface area contributed by atoms with Gasteiger partial charge in [0.15, 0.2) is 0 Å². The van der Waals surface area contributed by atoms with Gasteiger partial charge < -0.3 is 58.2 Å². The molecule has 52 heavy (non-hydrogen) atoms. The number of aliphatic hydroxyl groups excluding tert-OH is 1. The van der Waals surface area contributed by atoms with E-state index in [0.29, 0.717) is 11.4 Å². The van der Waals surface area contributed by atoms with E-state index in [0.717, 1.165) is 16.5 Å². The Morgan fingerprint density at radius 3 is 2.19 bits per heavy atom. The zero-order chi connectivity index (χ0) is 38.2. The van der Waals surface area contributed by atoms with Crippen LogP contribution < -0.4 is 38.1 Å². The van der Waals surface area contributed by atoms with E-state index in [1.807, 2.05) is 24.3 Å². The number of nitrogens with two attached hydrogens (primary N) is 2. The minimum Gasteiger partial charge on any atom is -0.480 e. The lowest BCUT2D eigenvalue weighted by Crippen LogP contribution is -2.57. The Morgan fingerprint density at radius 2 is 1.54 bits per heavy atom. The van der Waals surface area contributed by atoms with Crippen molar-refractivity contribution in [1.29, 1.82) is 0 Å². The van der Waals surface area contributed by atoms with Crippen molar-refractivity contribution in [2.75, 3.05) is 25.2 Å². The number of primary amides is 1. The van der Waals surface area contributed by atoms with Crippen molar-refractivity contribution in [3.63, 3.8) is 0 Å². The van der Waals surface area contributed by atoms with E-state index in [1.165, 1.54) is 24.3 Å². The molecule has 0 unspecified atom stereocenters. The summed E-state index contributed by atoms with van der Waals surface area (Å²) in [6, 6.07) is 1.01. The van der Waals surface area contributed by atoms with Gasteiger partial charge >= 0.3 is 5.97 Å². The second-order valence-corrected chi connectivity index (χ2v) is 12.8. The van der Waals surface area contributed by atoms with Gasteiger partial charge in [-0.05, 0) is 42.9 Å². The zero-order valence-corrected chi connectivity index (χ0v) is 29.2. The summed E-state index contributed by atoms with van der Waals surface area (Å²) in [6.07, 6.45) is 5.97. The van der Waals surface area contributed by atoms with Crippen molar-refractivity contribution in [2.24, 2.45) is 11.5 Å². The summed E-state index contributed by atoms with van der Waals surface area (Å²) in [4.78, 5) is 98.1. The molecule has 3 rings (SSSR count). The van der Waals surface area contributed by atoms with Crippen LogP contribution in [0.25, 0.3) is 10.9 Å². The molecule has 2 aromatic heterocycles. The number of thioether (sulfide) groups is 1. The molecule has 1 aromatic carbocycles. The topological polar surface area (TPSA) is 317 Å². The summed E-state index contributed by atoms with van der Waals surface area (Å²) < 4.78 is 0. The van der Waals surface area contributed by atoms with Gasteiger partial charge in [-0.15, -0.1) is 0 Å². The molecule has 5 atom stereocenters. The summed E-state index contributed by atoms with van der Waals surface area (Å²) in [7, 11) is 0. The highest BCUT2D eigenvalue weighted by Gasteiger charge is 2.30. The second-order valence-electron chi connectivity index (χ2n) is 11.8. The summed E-state index contributed by atoms with van der Waals surface area (Å²) >= 11 is 1.39. The average molecular weight is 745 g/mol. The number of nitrogens with one attached hydrogen (secondary N) is 7. The number of amides is 6. The molecule has 0 radical (unpaired) electrons. The highest BCUT2D eigenvalue weighted by atomic mass is 32.2. The molecule has 0 aliphatic carbocycles. The molecule has 0 saturated carbocycles. The summed E-state index contributed by atoms with van der Waals surface area (Å²) in [6.45, 7) is -1.53. The molecule has 0 aliphatic rings. The number of carboxylic acids is 1. The number of H-pyrrole nitrogens is 2. The predicted molar refractivity (Wildman–Crippen MR) is 189 cm³/mol. The zero-order valence-electron chi connectivity index (χ0n) is 28.3. The number of aromatic nitrogens is 3.